The van der Waals surface area contributed by atoms with E-state index in [-0.39, 0.29) is 6.04 Å². The molecule has 0 saturated heterocycles. The number of hydrogen-bond acceptors (Lipinski definition) is 2. The second-order valence-corrected chi connectivity index (χ2v) is 5.59. The zero-order valence-electron chi connectivity index (χ0n) is 12.9. The van der Waals surface area contributed by atoms with E-state index in [0.29, 0.717) is 6.42 Å². The van der Waals surface area contributed by atoms with Gasteiger partial charge < -0.3 is 5.11 Å². The first-order valence-corrected chi connectivity index (χ1v) is 7.69. The Morgan fingerprint density at radius 2 is 1.52 bits per heavy atom. The Balaban J connectivity index is 2.18. The summed E-state index contributed by atoms with van der Waals surface area (Å²) in [5.74, 6) is 0. The molecule has 2 unspecified atom stereocenters. The molecule has 0 spiro atoms. The van der Waals surface area contributed by atoms with Gasteiger partial charge in [-0.1, -0.05) is 67.6 Å². The number of aliphatic hydroxyl groups excluding tert-OH is 1. The molecule has 0 saturated carbocycles. The molecule has 1 N–H and O–H groups in total. The van der Waals surface area contributed by atoms with Gasteiger partial charge in [0.05, 0.1) is 12.1 Å². The molecular weight excluding hydrogens is 258 g/mol. The van der Waals surface area contributed by atoms with Crippen molar-refractivity contribution in [2.24, 2.45) is 0 Å². The van der Waals surface area contributed by atoms with E-state index in [1.807, 2.05) is 36.4 Å². The van der Waals surface area contributed by atoms with Crippen molar-refractivity contribution >= 4 is 0 Å². The van der Waals surface area contributed by atoms with Crippen LogP contribution in [0.1, 0.15) is 30.5 Å². The highest BCUT2D eigenvalue weighted by Crippen LogP contribution is 2.25. The minimum atomic E-state index is -0.411. The monoisotopic (exact) mass is 283 g/mol. The van der Waals surface area contributed by atoms with Gasteiger partial charge in [0.15, 0.2) is 0 Å². The molecule has 2 aromatic rings. The number of nitrogens with zero attached hydrogens (tertiary/aromatic N) is 1. The van der Waals surface area contributed by atoms with Crippen molar-refractivity contribution in [3.8, 4) is 0 Å². The predicted octanol–water partition coefficient (Wildman–Crippen LogP) is 3.67. The van der Waals surface area contributed by atoms with E-state index < -0.39 is 6.10 Å². The third-order valence-electron chi connectivity index (χ3n) is 3.84. The van der Waals surface area contributed by atoms with E-state index in [1.54, 1.807) is 0 Å². The molecule has 0 aromatic heterocycles. The minimum absolute atomic E-state index is 0.0337. The Labute approximate surface area is 128 Å². The second-order valence-electron chi connectivity index (χ2n) is 5.59. The van der Waals surface area contributed by atoms with Gasteiger partial charge in [0.2, 0.25) is 0 Å². The molecule has 0 aliphatic heterocycles. The Morgan fingerprint density at radius 1 is 0.952 bits per heavy atom. The van der Waals surface area contributed by atoms with Crippen LogP contribution in [0, 0.1) is 0 Å². The lowest BCUT2D eigenvalue weighted by atomic mass is 9.95. The van der Waals surface area contributed by atoms with Crippen molar-refractivity contribution in [3.63, 3.8) is 0 Å². The van der Waals surface area contributed by atoms with Gasteiger partial charge in [-0.15, -0.1) is 0 Å². The van der Waals surface area contributed by atoms with Crippen LogP contribution in [0.25, 0.3) is 0 Å². The summed E-state index contributed by atoms with van der Waals surface area (Å²) in [4.78, 5) is 2.25. The fraction of sp³-hybridized carbons (Fsp3) is 0.368. The molecule has 2 heteroatoms. The quantitative estimate of drug-likeness (QED) is 0.838. The van der Waals surface area contributed by atoms with E-state index in [0.717, 1.165) is 13.0 Å². The van der Waals surface area contributed by atoms with Crippen molar-refractivity contribution in [2.75, 3.05) is 13.6 Å². The Bertz CT molecular complexity index is 512. The van der Waals surface area contributed by atoms with Crippen molar-refractivity contribution in [1.82, 2.24) is 4.90 Å². The highest BCUT2D eigenvalue weighted by Gasteiger charge is 2.24. The molecule has 21 heavy (non-hydrogen) atoms. The average molecular weight is 283 g/mol. The molecule has 2 atom stereocenters. The van der Waals surface area contributed by atoms with E-state index in [9.17, 15) is 5.11 Å². The van der Waals surface area contributed by atoms with Gasteiger partial charge in [0, 0.05) is 6.42 Å². The standard InChI is InChI=1S/C19H25NO/c1-3-14-20(2)19(17-12-8-5-9-13-17)18(21)15-16-10-6-4-7-11-16/h4-13,18-19,21H,3,14-15H2,1-2H3. The lowest BCUT2D eigenvalue weighted by Gasteiger charge is -2.32. The molecule has 0 aliphatic rings. The van der Waals surface area contributed by atoms with Crippen molar-refractivity contribution in [1.29, 1.82) is 0 Å². The maximum atomic E-state index is 10.8. The molecule has 0 fully saturated rings. The highest BCUT2D eigenvalue weighted by molar-refractivity contribution is 5.22. The first-order chi connectivity index (χ1) is 10.2. The largest absolute Gasteiger partial charge is 0.391 e. The number of benzene rings is 2. The van der Waals surface area contributed by atoms with Crippen LogP contribution < -0.4 is 0 Å². The van der Waals surface area contributed by atoms with Crippen molar-refractivity contribution in [2.45, 2.75) is 31.9 Å². The summed E-state index contributed by atoms with van der Waals surface area (Å²) in [6.07, 6.45) is 1.35. The summed E-state index contributed by atoms with van der Waals surface area (Å²) in [6, 6.07) is 20.5. The molecule has 0 heterocycles. The molecule has 2 nitrogen and oxygen atoms in total. The van der Waals surface area contributed by atoms with Gasteiger partial charge in [0.25, 0.3) is 0 Å². The highest BCUT2D eigenvalue weighted by atomic mass is 16.3. The van der Waals surface area contributed by atoms with Crippen LogP contribution in [-0.2, 0) is 6.42 Å². The van der Waals surface area contributed by atoms with Crippen molar-refractivity contribution < 1.29 is 5.11 Å². The Hall–Kier alpha value is -1.64. The van der Waals surface area contributed by atoms with Gasteiger partial charge >= 0.3 is 0 Å². The lowest BCUT2D eigenvalue weighted by molar-refractivity contribution is 0.0628. The van der Waals surface area contributed by atoms with Gasteiger partial charge in [0.1, 0.15) is 0 Å². The van der Waals surface area contributed by atoms with E-state index in [2.05, 4.69) is 43.1 Å². The molecule has 2 rings (SSSR count). The van der Waals surface area contributed by atoms with Crippen LogP contribution in [0.4, 0.5) is 0 Å². The van der Waals surface area contributed by atoms with Gasteiger partial charge in [-0.2, -0.15) is 0 Å². The lowest BCUT2D eigenvalue weighted by Crippen LogP contribution is -2.35. The van der Waals surface area contributed by atoms with Crippen molar-refractivity contribution in [3.05, 3.63) is 71.8 Å². The molecule has 0 bridgehead atoms. The predicted molar refractivity (Wildman–Crippen MR) is 88.3 cm³/mol. The van der Waals surface area contributed by atoms with Crippen LogP contribution in [0.15, 0.2) is 60.7 Å². The molecule has 0 amide bonds. The van der Waals surface area contributed by atoms with Crippen LogP contribution in [0.2, 0.25) is 0 Å². The number of aliphatic hydroxyl groups is 1. The molecule has 0 aliphatic carbocycles. The third kappa shape index (κ3) is 4.42. The Morgan fingerprint density at radius 3 is 2.10 bits per heavy atom. The molecule has 0 radical (unpaired) electrons. The summed E-state index contributed by atoms with van der Waals surface area (Å²) in [5, 5.41) is 10.8. The fourth-order valence-electron chi connectivity index (χ4n) is 2.88. The van der Waals surface area contributed by atoms with Crippen LogP contribution in [0.3, 0.4) is 0 Å². The maximum Gasteiger partial charge on any atom is 0.0777 e. The smallest absolute Gasteiger partial charge is 0.0777 e. The summed E-state index contributed by atoms with van der Waals surface area (Å²) in [5.41, 5.74) is 2.35. The van der Waals surface area contributed by atoms with Gasteiger partial charge in [-0.25, -0.2) is 0 Å². The van der Waals surface area contributed by atoms with E-state index in [1.165, 1.54) is 11.1 Å². The third-order valence-corrected chi connectivity index (χ3v) is 3.84. The number of hydrogen-bond donors (Lipinski definition) is 1. The fourth-order valence-corrected chi connectivity index (χ4v) is 2.88. The summed E-state index contributed by atoms with van der Waals surface area (Å²) < 4.78 is 0. The zero-order valence-corrected chi connectivity index (χ0v) is 12.9. The summed E-state index contributed by atoms with van der Waals surface area (Å²) in [7, 11) is 2.09. The average Bonchev–Trinajstić information content (AvgIpc) is 2.50. The summed E-state index contributed by atoms with van der Waals surface area (Å²) in [6.45, 7) is 3.15. The maximum absolute atomic E-state index is 10.8. The van der Waals surface area contributed by atoms with Crippen LogP contribution in [-0.4, -0.2) is 29.7 Å². The van der Waals surface area contributed by atoms with Crippen LogP contribution >= 0.6 is 0 Å². The number of likely N-dealkylation sites (N-methyl/N-ethyl adjacent to an activating group) is 1. The summed E-state index contributed by atoms with van der Waals surface area (Å²) >= 11 is 0. The normalized spacial score (nSPS) is 14.1. The zero-order chi connectivity index (χ0) is 15.1. The topological polar surface area (TPSA) is 23.5 Å². The SMILES string of the molecule is CCCN(C)C(c1ccccc1)C(O)Cc1ccccc1. The van der Waals surface area contributed by atoms with Gasteiger partial charge in [-0.05, 0) is 31.1 Å². The number of rotatable bonds is 7. The second kappa shape index (κ2) is 7.96. The minimum Gasteiger partial charge on any atom is -0.391 e. The van der Waals surface area contributed by atoms with E-state index >= 15 is 0 Å². The molecule has 2 aromatic carbocycles. The van der Waals surface area contributed by atoms with E-state index in [4.69, 9.17) is 0 Å². The van der Waals surface area contributed by atoms with Gasteiger partial charge in [-0.3, -0.25) is 4.90 Å². The first kappa shape index (κ1) is 15.7. The first-order valence-electron chi connectivity index (χ1n) is 7.69. The Kier molecular flexibility index (Phi) is 5.97. The molecular formula is C19H25NO. The molecule has 112 valence electrons. The van der Waals surface area contributed by atoms with Crippen LogP contribution in [0.5, 0.6) is 0 Å².